The first-order valence-electron chi connectivity index (χ1n) is 5.64. The van der Waals surface area contributed by atoms with Crippen LogP contribution in [0.2, 0.25) is 5.22 Å². The Balaban J connectivity index is 2.63. The van der Waals surface area contributed by atoms with Gasteiger partial charge in [0.2, 0.25) is 0 Å². The molecule has 0 saturated carbocycles. The van der Waals surface area contributed by atoms with Gasteiger partial charge < -0.3 is 19.6 Å². The summed E-state index contributed by atoms with van der Waals surface area (Å²) in [5.74, 6) is -0.813. The predicted molar refractivity (Wildman–Crippen MR) is 68.2 cm³/mol. The van der Waals surface area contributed by atoms with Crippen molar-refractivity contribution in [3.8, 4) is 0 Å². The highest BCUT2D eigenvalue weighted by molar-refractivity contribution is 6.28. The van der Waals surface area contributed by atoms with Crippen LogP contribution in [-0.2, 0) is 16.0 Å². The molecule has 1 heterocycles. The Morgan fingerprint density at radius 3 is 2.53 bits per heavy atom. The molecule has 1 rings (SSSR count). The number of carboxylic acids is 1. The number of nitrogens with one attached hydrogen (secondary N) is 1. The minimum Gasteiger partial charge on any atom is -0.480 e. The number of halogens is 1. The van der Waals surface area contributed by atoms with Gasteiger partial charge in [-0.1, -0.05) is 0 Å². The van der Waals surface area contributed by atoms with E-state index in [0.717, 1.165) is 0 Å². The SMILES string of the molecule is CC(C)(C)OC(=O)NC(Cc1ccc(Cl)o1)C(=O)O. The summed E-state index contributed by atoms with van der Waals surface area (Å²) in [6, 6.07) is 1.91. The molecule has 7 heteroatoms. The van der Waals surface area contributed by atoms with E-state index in [1.165, 1.54) is 6.07 Å². The van der Waals surface area contributed by atoms with Crippen molar-refractivity contribution < 1.29 is 23.8 Å². The number of furan rings is 1. The molecule has 6 nitrogen and oxygen atoms in total. The molecule has 0 aliphatic rings. The van der Waals surface area contributed by atoms with Gasteiger partial charge in [0.1, 0.15) is 17.4 Å². The maximum absolute atomic E-state index is 11.5. The Labute approximate surface area is 115 Å². The molecular weight excluding hydrogens is 274 g/mol. The predicted octanol–water partition coefficient (Wildman–Crippen LogP) is 2.45. The fourth-order valence-electron chi connectivity index (χ4n) is 1.31. The summed E-state index contributed by atoms with van der Waals surface area (Å²) < 4.78 is 10.0. The van der Waals surface area contributed by atoms with Crippen molar-refractivity contribution in [3.05, 3.63) is 23.1 Å². The highest BCUT2D eigenvalue weighted by Gasteiger charge is 2.25. The number of carboxylic acid groups (broad SMARTS) is 1. The molecular formula is C12H16ClNO5. The summed E-state index contributed by atoms with van der Waals surface area (Å²) in [5.41, 5.74) is -0.693. The minimum atomic E-state index is -1.18. The zero-order valence-electron chi connectivity index (χ0n) is 10.9. The Morgan fingerprint density at radius 1 is 1.47 bits per heavy atom. The van der Waals surface area contributed by atoms with Crippen molar-refractivity contribution in [1.29, 1.82) is 0 Å². The van der Waals surface area contributed by atoms with Crippen LogP contribution in [-0.4, -0.2) is 28.8 Å². The van der Waals surface area contributed by atoms with E-state index >= 15 is 0 Å². The molecule has 0 aliphatic heterocycles. The van der Waals surface area contributed by atoms with Crippen LogP contribution >= 0.6 is 11.6 Å². The summed E-state index contributed by atoms with van der Waals surface area (Å²) >= 11 is 5.59. The maximum Gasteiger partial charge on any atom is 0.408 e. The molecule has 0 bridgehead atoms. The second-order valence-corrected chi connectivity index (χ2v) is 5.32. The zero-order valence-corrected chi connectivity index (χ0v) is 11.7. The first-order valence-corrected chi connectivity index (χ1v) is 6.02. The summed E-state index contributed by atoms with van der Waals surface area (Å²) in [4.78, 5) is 22.6. The number of aliphatic carboxylic acids is 1. The third kappa shape index (κ3) is 5.65. The molecule has 1 amide bonds. The first kappa shape index (κ1) is 15.4. The standard InChI is InChI=1S/C12H16ClNO5/c1-12(2,3)19-11(17)14-8(10(15)16)6-7-4-5-9(13)18-7/h4-5,8H,6H2,1-3H3,(H,14,17)(H,15,16). The van der Waals surface area contributed by atoms with Crippen LogP contribution in [0.25, 0.3) is 0 Å². The number of rotatable bonds is 4. The van der Waals surface area contributed by atoms with Gasteiger partial charge in [0.15, 0.2) is 5.22 Å². The van der Waals surface area contributed by atoms with Crippen LogP contribution in [0.3, 0.4) is 0 Å². The fourth-order valence-corrected chi connectivity index (χ4v) is 1.47. The largest absolute Gasteiger partial charge is 0.480 e. The lowest BCUT2D eigenvalue weighted by molar-refractivity contribution is -0.139. The molecule has 2 N–H and O–H groups in total. The summed E-state index contributed by atoms with van der Waals surface area (Å²) in [5, 5.41) is 11.5. The Kier molecular flexibility index (Phi) is 4.83. The van der Waals surface area contributed by atoms with Gasteiger partial charge in [-0.2, -0.15) is 0 Å². The molecule has 19 heavy (non-hydrogen) atoms. The van der Waals surface area contributed by atoms with Gasteiger partial charge in [0.05, 0.1) is 0 Å². The summed E-state index contributed by atoms with van der Waals surface area (Å²) in [6.45, 7) is 5.07. The van der Waals surface area contributed by atoms with E-state index in [1.807, 2.05) is 0 Å². The van der Waals surface area contributed by atoms with Crippen LogP contribution in [0.4, 0.5) is 4.79 Å². The smallest absolute Gasteiger partial charge is 0.408 e. The molecule has 1 aromatic rings. The van der Waals surface area contributed by atoms with E-state index in [0.29, 0.717) is 5.76 Å². The highest BCUT2D eigenvalue weighted by atomic mass is 35.5. The van der Waals surface area contributed by atoms with E-state index in [4.69, 9.17) is 25.9 Å². The first-order chi connectivity index (χ1) is 8.67. The van der Waals surface area contributed by atoms with Crippen LogP contribution in [0.5, 0.6) is 0 Å². The van der Waals surface area contributed by atoms with Crippen molar-refractivity contribution in [3.63, 3.8) is 0 Å². The second kappa shape index (κ2) is 5.97. The van der Waals surface area contributed by atoms with E-state index in [2.05, 4.69) is 5.32 Å². The molecule has 1 aromatic heterocycles. The molecule has 106 valence electrons. The number of alkyl carbamates (subject to hydrolysis) is 1. The number of carbonyl (C=O) groups is 2. The minimum absolute atomic E-state index is 0.0126. The van der Waals surface area contributed by atoms with E-state index in [-0.39, 0.29) is 11.6 Å². The third-order valence-corrected chi connectivity index (χ3v) is 2.23. The Morgan fingerprint density at radius 2 is 2.11 bits per heavy atom. The maximum atomic E-state index is 11.5. The molecule has 0 radical (unpaired) electrons. The molecule has 0 fully saturated rings. The van der Waals surface area contributed by atoms with Gasteiger partial charge in [-0.15, -0.1) is 0 Å². The summed E-state index contributed by atoms with van der Waals surface area (Å²) in [7, 11) is 0. The van der Waals surface area contributed by atoms with Crippen LogP contribution in [0.15, 0.2) is 16.5 Å². The van der Waals surface area contributed by atoms with Crippen molar-refractivity contribution in [1.82, 2.24) is 5.32 Å². The van der Waals surface area contributed by atoms with Gasteiger partial charge >= 0.3 is 12.1 Å². The van der Waals surface area contributed by atoms with E-state index < -0.39 is 23.7 Å². The molecule has 0 saturated heterocycles. The number of hydrogen-bond donors (Lipinski definition) is 2. The van der Waals surface area contributed by atoms with Crippen molar-refractivity contribution >= 4 is 23.7 Å². The zero-order chi connectivity index (χ0) is 14.6. The van der Waals surface area contributed by atoms with Crippen molar-refractivity contribution in [2.45, 2.75) is 38.8 Å². The lowest BCUT2D eigenvalue weighted by Crippen LogP contribution is -2.44. The number of ether oxygens (including phenoxy) is 1. The molecule has 0 aliphatic carbocycles. The molecule has 1 unspecified atom stereocenters. The average molecular weight is 290 g/mol. The number of carbonyl (C=O) groups excluding carboxylic acids is 1. The Hall–Kier alpha value is -1.69. The lowest BCUT2D eigenvalue weighted by Gasteiger charge is -2.21. The quantitative estimate of drug-likeness (QED) is 0.889. The van der Waals surface area contributed by atoms with Gasteiger partial charge in [0.25, 0.3) is 0 Å². The normalized spacial score (nSPS) is 12.8. The van der Waals surface area contributed by atoms with Crippen LogP contribution < -0.4 is 5.32 Å². The number of amides is 1. The molecule has 1 atom stereocenters. The second-order valence-electron chi connectivity index (χ2n) is 4.95. The Bertz CT molecular complexity index is 463. The van der Waals surface area contributed by atoms with E-state index in [9.17, 15) is 9.59 Å². The molecule has 0 aromatic carbocycles. The highest BCUT2D eigenvalue weighted by Crippen LogP contribution is 2.15. The number of hydrogen-bond acceptors (Lipinski definition) is 4. The summed E-state index contributed by atoms with van der Waals surface area (Å²) in [6.07, 6.45) is -0.807. The van der Waals surface area contributed by atoms with Crippen molar-refractivity contribution in [2.75, 3.05) is 0 Å². The van der Waals surface area contributed by atoms with Crippen molar-refractivity contribution in [2.24, 2.45) is 0 Å². The third-order valence-electron chi connectivity index (χ3n) is 2.02. The average Bonchev–Trinajstić information content (AvgIpc) is 2.60. The topological polar surface area (TPSA) is 88.8 Å². The van der Waals surface area contributed by atoms with Gasteiger partial charge in [0, 0.05) is 6.42 Å². The molecule has 0 spiro atoms. The van der Waals surface area contributed by atoms with Gasteiger partial charge in [-0.05, 0) is 44.5 Å². The van der Waals surface area contributed by atoms with Crippen LogP contribution in [0.1, 0.15) is 26.5 Å². The van der Waals surface area contributed by atoms with Gasteiger partial charge in [-0.25, -0.2) is 9.59 Å². The monoisotopic (exact) mass is 289 g/mol. The lowest BCUT2D eigenvalue weighted by atomic mass is 10.1. The van der Waals surface area contributed by atoms with E-state index in [1.54, 1.807) is 26.8 Å². The van der Waals surface area contributed by atoms with Crippen LogP contribution in [0, 0.1) is 0 Å². The van der Waals surface area contributed by atoms with Gasteiger partial charge in [-0.3, -0.25) is 0 Å². The fraction of sp³-hybridized carbons (Fsp3) is 0.500.